The van der Waals surface area contributed by atoms with Crippen molar-refractivity contribution in [2.75, 3.05) is 7.11 Å². The highest BCUT2D eigenvalue weighted by Gasteiger charge is 2.16. The lowest BCUT2D eigenvalue weighted by atomic mass is 10.1. The Labute approximate surface area is 93.0 Å². The maximum absolute atomic E-state index is 10.8. The molecule has 1 rings (SSSR count). The third-order valence-electron chi connectivity index (χ3n) is 1.99. The molecule has 0 aliphatic heterocycles. The minimum atomic E-state index is -0.420. The average molecular weight is 230 g/mol. The van der Waals surface area contributed by atoms with Gasteiger partial charge in [-0.15, -0.1) is 11.6 Å². The minimum absolute atomic E-state index is 0.0573. The first-order chi connectivity index (χ1) is 7.04. The second kappa shape index (κ2) is 4.98. The van der Waals surface area contributed by atoms with Crippen LogP contribution >= 0.6 is 11.6 Å². The Balaban J connectivity index is 3.09. The van der Waals surface area contributed by atoms with Crippen molar-refractivity contribution in [1.82, 2.24) is 0 Å². The fourth-order valence-electron chi connectivity index (χ4n) is 1.32. The highest BCUT2D eigenvalue weighted by molar-refractivity contribution is 6.20. The molecule has 0 saturated carbocycles. The standard InChI is InChI=1S/C10H12ClNO3/c1-7(11)5-8-3-4-9(15-2)6-10(8)12(13)14/h3-4,6-7H,5H2,1-2H3. The van der Waals surface area contributed by atoms with Crippen molar-refractivity contribution in [1.29, 1.82) is 0 Å². The third-order valence-corrected chi connectivity index (χ3v) is 2.14. The van der Waals surface area contributed by atoms with Crippen molar-refractivity contribution in [3.8, 4) is 5.75 Å². The summed E-state index contributed by atoms with van der Waals surface area (Å²) in [7, 11) is 1.48. The summed E-state index contributed by atoms with van der Waals surface area (Å²) in [6, 6.07) is 4.78. The zero-order chi connectivity index (χ0) is 11.4. The number of alkyl halides is 1. The normalized spacial score (nSPS) is 12.2. The number of rotatable bonds is 4. The molecule has 1 atom stereocenters. The largest absolute Gasteiger partial charge is 0.497 e. The smallest absolute Gasteiger partial charge is 0.276 e. The lowest BCUT2D eigenvalue weighted by Gasteiger charge is -2.06. The number of nitrogens with zero attached hydrogens (tertiary/aromatic N) is 1. The fraction of sp³-hybridized carbons (Fsp3) is 0.400. The summed E-state index contributed by atoms with van der Waals surface area (Å²) in [6.45, 7) is 1.80. The molecule has 0 heterocycles. The number of nitro benzene ring substituents is 1. The summed E-state index contributed by atoms with van der Waals surface area (Å²) in [6.07, 6.45) is 0.474. The minimum Gasteiger partial charge on any atom is -0.497 e. The Bertz CT molecular complexity index is 366. The number of benzene rings is 1. The van der Waals surface area contributed by atoms with Crippen molar-refractivity contribution >= 4 is 17.3 Å². The van der Waals surface area contributed by atoms with E-state index in [4.69, 9.17) is 16.3 Å². The summed E-state index contributed by atoms with van der Waals surface area (Å²) in [5.41, 5.74) is 0.685. The molecule has 0 bridgehead atoms. The summed E-state index contributed by atoms with van der Waals surface area (Å²) in [5.74, 6) is 0.479. The van der Waals surface area contributed by atoms with Crippen LogP contribution in [0.2, 0.25) is 0 Å². The Morgan fingerprint density at radius 1 is 1.60 bits per heavy atom. The molecule has 0 aliphatic carbocycles. The van der Waals surface area contributed by atoms with Gasteiger partial charge in [-0.2, -0.15) is 0 Å². The first-order valence-electron chi connectivity index (χ1n) is 4.50. The van der Waals surface area contributed by atoms with E-state index in [1.165, 1.54) is 13.2 Å². The fourth-order valence-corrected chi connectivity index (χ4v) is 1.48. The van der Waals surface area contributed by atoms with E-state index in [1.54, 1.807) is 19.1 Å². The molecule has 0 spiro atoms. The number of methoxy groups -OCH3 is 1. The Hall–Kier alpha value is -1.29. The van der Waals surface area contributed by atoms with Gasteiger partial charge in [-0.1, -0.05) is 0 Å². The topological polar surface area (TPSA) is 52.4 Å². The molecule has 4 nitrogen and oxygen atoms in total. The zero-order valence-electron chi connectivity index (χ0n) is 8.57. The molecule has 5 heteroatoms. The van der Waals surface area contributed by atoms with Gasteiger partial charge in [0.05, 0.1) is 18.1 Å². The Kier molecular flexibility index (Phi) is 3.91. The highest BCUT2D eigenvalue weighted by atomic mass is 35.5. The molecule has 0 amide bonds. The number of hydrogen-bond donors (Lipinski definition) is 0. The van der Waals surface area contributed by atoms with Gasteiger partial charge in [0.25, 0.3) is 5.69 Å². The van der Waals surface area contributed by atoms with Gasteiger partial charge >= 0.3 is 0 Å². The van der Waals surface area contributed by atoms with Gasteiger partial charge in [0, 0.05) is 10.9 Å². The van der Waals surface area contributed by atoms with Crippen LogP contribution in [0.4, 0.5) is 5.69 Å². The Morgan fingerprint density at radius 2 is 2.27 bits per heavy atom. The predicted molar refractivity (Wildman–Crippen MR) is 58.7 cm³/mol. The molecule has 0 N–H and O–H groups in total. The van der Waals surface area contributed by atoms with Crippen LogP contribution in [0.3, 0.4) is 0 Å². The molecule has 82 valence electrons. The van der Waals surface area contributed by atoms with Crippen LogP contribution in [-0.4, -0.2) is 17.4 Å². The maximum atomic E-state index is 10.8. The van der Waals surface area contributed by atoms with Gasteiger partial charge in [-0.25, -0.2) is 0 Å². The van der Waals surface area contributed by atoms with E-state index in [-0.39, 0.29) is 11.1 Å². The van der Waals surface area contributed by atoms with Crippen molar-refractivity contribution < 1.29 is 9.66 Å². The molecule has 0 aromatic heterocycles. The van der Waals surface area contributed by atoms with E-state index in [0.29, 0.717) is 17.7 Å². The van der Waals surface area contributed by atoms with E-state index in [1.807, 2.05) is 0 Å². The highest BCUT2D eigenvalue weighted by Crippen LogP contribution is 2.26. The summed E-state index contributed by atoms with van der Waals surface area (Å²) in [4.78, 5) is 10.4. The second-order valence-electron chi connectivity index (χ2n) is 3.24. The summed E-state index contributed by atoms with van der Waals surface area (Å²) < 4.78 is 4.93. The number of nitro groups is 1. The van der Waals surface area contributed by atoms with Crippen LogP contribution in [0.25, 0.3) is 0 Å². The van der Waals surface area contributed by atoms with Gasteiger partial charge in [0.15, 0.2) is 0 Å². The molecule has 1 unspecified atom stereocenters. The third kappa shape index (κ3) is 3.09. The quantitative estimate of drug-likeness (QED) is 0.453. The van der Waals surface area contributed by atoms with Gasteiger partial charge in [0.1, 0.15) is 5.75 Å². The van der Waals surface area contributed by atoms with Crippen LogP contribution in [-0.2, 0) is 6.42 Å². The summed E-state index contributed by atoms with van der Waals surface area (Å²) in [5, 5.41) is 10.7. The first-order valence-corrected chi connectivity index (χ1v) is 4.93. The summed E-state index contributed by atoms with van der Waals surface area (Å²) >= 11 is 5.81. The molecule has 0 fully saturated rings. The second-order valence-corrected chi connectivity index (χ2v) is 3.98. The van der Waals surface area contributed by atoms with Crippen LogP contribution in [0.5, 0.6) is 5.75 Å². The van der Waals surface area contributed by atoms with Gasteiger partial charge in [-0.05, 0) is 25.5 Å². The van der Waals surface area contributed by atoms with Crippen molar-refractivity contribution in [3.05, 3.63) is 33.9 Å². The van der Waals surface area contributed by atoms with E-state index in [2.05, 4.69) is 0 Å². The van der Waals surface area contributed by atoms with E-state index in [9.17, 15) is 10.1 Å². The number of hydrogen-bond acceptors (Lipinski definition) is 3. The molecular weight excluding hydrogens is 218 g/mol. The molecule has 1 aromatic carbocycles. The molecule has 15 heavy (non-hydrogen) atoms. The van der Waals surface area contributed by atoms with Crippen molar-refractivity contribution in [2.45, 2.75) is 18.7 Å². The Morgan fingerprint density at radius 3 is 2.73 bits per heavy atom. The molecule has 0 aliphatic rings. The lowest BCUT2D eigenvalue weighted by Crippen LogP contribution is -2.02. The molecule has 1 aromatic rings. The maximum Gasteiger partial charge on any atom is 0.276 e. The van der Waals surface area contributed by atoms with E-state index in [0.717, 1.165) is 0 Å². The number of ether oxygens (including phenoxy) is 1. The lowest BCUT2D eigenvalue weighted by molar-refractivity contribution is -0.385. The van der Waals surface area contributed by atoms with Gasteiger partial charge in [-0.3, -0.25) is 10.1 Å². The van der Waals surface area contributed by atoms with Crippen LogP contribution in [0.15, 0.2) is 18.2 Å². The monoisotopic (exact) mass is 229 g/mol. The molecular formula is C10H12ClNO3. The van der Waals surface area contributed by atoms with Crippen LogP contribution in [0, 0.1) is 10.1 Å². The SMILES string of the molecule is COc1ccc(CC(C)Cl)c([N+](=O)[O-])c1. The van der Waals surface area contributed by atoms with E-state index < -0.39 is 4.92 Å². The number of halogens is 1. The first kappa shape index (κ1) is 11.8. The van der Waals surface area contributed by atoms with Gasteiger partial charge < -0.3 is 4.74 Å². The molecule has 0 saturated heterocycles. The van der Waals surface area contributed by atoms with Crippen LogP contribution in [0.1, 0.15) is 12.5 Å². The molecule has 0 radical (unpaired) electrons. The zero-order valence-corrected chi connectivity index (χ0v) is 9.32. The average Bonchev–Trinajstić information content (AvgIpc) is 2.17. The van der Waals surface area contributed by atoms with E-state index >= 15 is 0 Å². The van der Waals surface area contributed by atoms with Crippen molar-refractivity contribution in [2.24, 2.45) is 0 Å². The van der Waals surface area contributed by atoms with Gasteiger partial charge in [0.2, 0.25) is 0 Å². The predicted octanol–water partition coefficient (Wildman–Crippen LogP) is 2.77. The van der Waals surface area contributed by atoms with Crippen LogP contribution < -0.4 is 4.74 Å². The van der Waals surface area contributed by atoms with Crippen molar-refractivity contribution in [3.63, 3.8) is 0 Å².